The van der Waals surface area contributed by atoms with Gasteiger partial charge in [-0.3, -0.25) is 4.79 Å². The molecule has 0 aromatic heterocycles. The fraction of sp³-hybridized carbons (Fsp3) is 0.474. The van der Waals surface area contributed by atoms with Gasteiger partial charge in [0.05, 0.1) is 12.8 Å². The van der Waals surface area contributed by atoms with Crippen LogP contribution in [-0.2, 0) is 4.79 Å². The molecule has 5 heteroatoms. The second-order valence-corrected chi connectivity index (χ2v) is 6.18. The first-order chi connectivity index (χ1) is 11.6. The Morgan fingerprint density at radius 1 is 1.29 bits per heavy atom. The van der Waals surface area contributed by atoms with Crippen molar-refractivity contribution >= 4 is 11.6 Å². The van der Waals surface area contributed by atoms with Gasteiger partial charge in [-0.15, -0.1) is 0 Å². The molecule has 2 rings (SSSR count). The second kappa shape index (κ2) is 8.97. The van der Waals surface area contributed by atoms with E-state index >= 15 is 0 Å². The van der Waals surface area contributed by atoms with Crippen LogP contribution in [0.4, 0.5) is 5.69 Å². The van der Waals surface area contributed by atoms with Gasteiger partial charge in [-0.2, -0.15) is 5.26 Å². The van der Waals surface area contributed by atoms with Gasteiger partial charge >= 0.3 is 0 Å². The van der Waals surface area contributed by atoms with Crippen LogP contribution in [-0.4, -0.2) is 19.1 Å². The van der Waals surface area contributed by atoms with E-state index in [0.29, 0.717) is 17.5 Å². The fourth-order valence-corrected chi connectivity index (χ4v) is 2.90. The molecule has 1 saturated carbocycles. The summed E-state index contributed by atoms with van der Waals surface area (Å²) in [5, 5.41) is 15.3. The van der Waals surface area contributed by atoms with Crippen LogP contribution in [0.3, 0.4) is 0 Å². The molecule has 5 nitrogen and oxygen atoms in total. The first kappa shape index (κ1) is 17.9. The van der Waals surface area contributed by atoms with E-state index in [9.17, 15) is 10.1 Å². The maximum Gasteiger partial charge on any atom is 0.267 e. The topological polar surface area (TPSA) is 74.1 Å². The van der Waals surface area contributed by atoms with Crippen molar-refractivity contribution in [1.29, 1.82) is 5.26 Å². The van der Waals surface area contributed by atoms with Crippen LogP contribution in [0.15, 0.2) is 30.0 Å². The fourth-order valence-electron chi connectivity index (χ4n) is 2.90. The Labute approximate surface area is 143 Å². The molecule has 128 valence electrons. The summed E-state index contributed by atoms with van der Waals surface area (Å²) in [4.78, 5) is 12.4. The van der Waals surface area contributed by atoms with Crippen molar-refractivity contribution in [3.63, 3.8) is 0 Å². The van der Waals surface area contributed by atoms with Crippen LogP contribution in [0.2, 0.25) is 0 Å². The Morgan fingerprint density at radius 2 is 2.00 bits per heavy atom. The quantitative estimate of drug-likeness (QED) is 0.492. The predicted octanol–water partition coefficient (Wildman–Crippen LogP) is 3.66. The smallest absolute Gasteiger partial charge is 0.267 e. The summed E-state index contributed by atoms with van der Waals surface area (Å²) in [6.45, 7) is 1.93. The summed E-state index contributed by atoms with van der Waals surface area (Å²) in [6.07, 6.45) is 8.64. The SMILES string of the molecule is COc1ccc(C)cc1NC(=O)/C(C#N)=C\NC1CCCCCC1. The minimum Gasteiger partial charge on any atom is -0.495 e. The summed E-state index contributed by atoms with van der Waals surface area (Å²) in [5.41, 5.74) is 1.64. The summed E-state index contributed by atoms with van der Waals surface area (Å²) < 4.78 is 5.25. The molecule has 1 aromatic carbocycles. The molecule has 0 bridgehead atoms. The molecule has 2 N–H and O–H groups in total. The van der Waals surface area contributed by atoms with Crippen molar-refractivity contribution in [2.45, 2.75) is 51.5 Å². The van der Waals surface area contributed by atoms with E-state index in [4.69, 9.17) is 4.74 Å². The van der Waals surface area contributed by atoms with Crippen LogP contribution in [0.5, 0.6) is 5.75 Å². The highest BCUT2D eigenvalue weighted by molar-refractivity contribution is 6.07. The van der Waals surface area contributed by atoms with Crippen molar-refractivity contribution in [3.8, 4) is 11.8 Å². The highest BCUT2D eigenvalue weighted by atomic mass is 16.5. The normalized spacial score (nSPS) is 16.0. The third-order valence-corrected chi connectivity index (χ3v) is 4.29. The zero-order valence-corrected chi connectivity index (χ0v) is 14.4. The summed E-state index contributed by atoms with van der Waals surface area (Å²) in [6, 6.07) is 7.85. The molecule has 1 aromatic rings. The number of carbonyl (C=O) groups is 1. The van der Waals surface area contributed by atoms with Crippen LogP contribution in [0, 0.1) is 18.3 Å². The molecule has 1 amide bonds. The van der Waals surface area contributed by atoms with Gasteiger partial charge in [0.2, 0.25) is 0 Å². The van der Waals surface area contributed by atoms with Gasteiger partial charge < -0.3 is 15.4 Å². The molecule has 1 aliphatic carbocycles. The first-order valence-corrected chi connectivity index (χ1v) is 8.46. The number of amides is 1. The van der Waals surface area contributed by atoms with Crippen LogP contribution >= 0.6 is 0 Å². The molecule has 0 unspecified atom stereocenters. The number of carbonyl (C=O) groups excluding carboxylic acids is 1. The zero-order chi connectivity index (χ0) is 17.4. The average Bonchev–Trinajstić information content (AvgIpc) is 2.84. The number of nitrogens with one attached hydrogen (secondary N) is 2. The van der Waals surface area contributed by atoms with Crippen LogP contribution in [0.1, 0.15) is 44.1 Å². The van der Waals surface area contributed by atoms with Gasteiger partial charge in [0.15, 0.2) is 0 Å². The monoisotopic (exact) mass is 327 g/mol. The largest absolute Gasteiger partial charge is 0.495 e. The number of nitrogens with zero attached hydrogens (tertiary/aromatic N) is 1. The number of anilines is 1. The molecular formula is C19H25N3O2. The second-order valence-electron chi connectivity index (χ2n) is 6.18. The summed E-state index contributed by atoms with van der Waals surface area (Å²) in [7, 11) is 1.55. The molecule has 1 aliphatic rings. The molecule has 0 atom stereocenters. The highest BCUT2D eigenvalue weighted by Gasteiger charge is 2.15. The number of methoxy groups -OCH3 is 1. The lowest BCUT2D eigenvalue weighted by atomic mass is 10.1. The minimum atomic E-state index is -0.428. The number of aryl methyl sites for hydroxylation is 1. The van der Waals surface area contributed by atoms with E-state index in [-0.39, 0.29) is 5.57 Å². The van der Waals surface area contributed by atoms with Crippen molar-refractivity contribution in [2.75, 3.05) is 12.4 Å². The third kappa shape index (κ3) is 5.02. The molecule has 1 fully saturated rings. The Morgan fingerprint density at radius 3 is 2.62 bits per heavy atom. The molecule has 0 saturated heterocycles. The van der Waals surface area contributed by atoms with Crippen molar-refractivity contribution in [1.82, 2.24) is 5.32 Å². The van der Waals surface area contributed by atoms with Gasteiger partial charge in [0.1, 0.15) is 17.4 Å². The van der Waals surface area contributed by atoms with Crippen LogP contribution in [0.25, 0.3) is 0 Å². The van der Waals surface area contributed by atoms with Gasteiger partial charge in [0, 0.05) is 12.2 Å². The predicted molar refractivity (Wildman–Crippen MR) is 94.7 cm³/mol. The minimum absolute atomic E-state index is 0.0720. The van der Waals surface area contributed by atoms with E-state index in [1.54, 1.807) is 19.4 Å². The van der Waals surface area contributed by atoms with Crippen molar-refractivity contribution in [2.24, 2.45) is 0 Å². The zero-order valence-electron chi connectivity index (χ0n) is 14.4. The standard InChI is InChI=1S/C19H25N3O2/c1-14-9-10-18(24-2)17(11-14)22-19(23)15(12-20)13-21-16-7-5-3-4-6-8-16/h9-11,13,16,21H,3-8H2,1-2H3,(H,22,23)/b15-13-. The number of nitriles is 1. The van der Waals surface area contributed by atoms with E-state index in [1.807, 2.05) is 25.1 Å². The molecule has 0 aliphatic heterocycles. The van der Waals surface area contributed by atoms with E-state index < -0.39 is 5.91 Å². The molecule has 0 spiro atoms. The van der Waals surface area contributed by atoms with Crippen molar-refractivity contribution in [3.05, 3.63) is 35.5 Å². The lowest BCUT2D eigenvalue weighted by Gasteiger charge is -2.15. The summed E-state index contributed by atoms with van der Waals surface area (Å²) in [5.74, 6) is 0.144. The number of rotatable bonds is 5. The molecule has 0 radical (unpaired) electrons. The number of hydrogen-bond donors (Lipinski definition) is 2. The highest BCUT2D eigenvalue weighted by Crippen LogP contribution is 2.25. The van der Waals surface area contributed by atoms with Crippen LogP contribution < -0.4 is 15.4 Å². The Bertz CT molecular complexity index is 639. The average molecular weight is 327 g/mol. The number of benzene rings is 1. The molecular weight excluding hydrogens is 302 g/mol. The lowest BCUT2D eigenvalue weighted by Crippen LogP contribution is -2.25. The molecule has 0 heterocycles. The van der Waals surface area contributed by atoms with E-state index in [0.717, 1.165) is 18.4 Å². The molecule has 24 heavy (non-hydrogen) atoms. The number of ether oxygens (including phenoxy) is 1. The van der Waals surface area contributed by atoms with E-state index in [2.05, 4.69) is 10.6 Å². The Balaban J connectivity index is 2.04. The first-order valence-electron chi connectivity index (χ1n) is 8.46. The van der Waals surface area contributed by atoms with Gasteiger partial charge in [-0.05, 0) is 37.5 Å². The van der Waals surface area contributed by atoms with Crippen molar-refractivity contribution < 1.29 is 9.53 Å². The van der Waals surface area contributed by atoms with E-state index in [1.165, 1.54) is 25.7 Å². The number of hydrogen-bond acceptors (Lipinski definition) is 4. The maximum absolute atomic E-state index is 12.4. The third-order valence-electron chi connectivity index (χ3n) is 4.29. The van der Waals surface area contributed by atoms with Gasteiger partial charge in [-0.25, -0.2) is 0 Å². The van der Waals surface area contributed by atoms with Gasteiger partial charge in [0.25, 0.3) is 5.91 Å². The maximum atomic E-state index is 12.4. The summed E-state index contributed by atoms with van der Waals surface area (Å²) >= 11 is 0. The Hall–Kier alpha value is -2.48. The van der Waals surface area contributed by atoms with Gasteiger partial charge in [-0.1, -0.05) is 31.7 Å². The lowest BCUT2D eigenvalue weighted by molar-refractivity contribution is -0.112. The Kier molecular flexibility index (Phi) is 6.68.